The van der Waals surface area contributed by atoms with Gasteiger partial charge in [0.15, 0.2) is 11.5 Å². The molecule has 7 nitrogen and oxygen atoms in total. The number of methoxy groups -OCH3 is 1. The number of benzene rings is 2. The van der Waals surface area contributed by atoms with Gasteiger partial charge in [0.25, 0.3) is 11.8 Å². The van der Waals surface area contributed by atoms with E-state index >= 15 is 0 Å². The van der Waals surface area contributed by atoms with Crippen molar-refractivity contribution in [1.29, 1.82) is 0 Å². The number of carbonyl (C=O) groups excluding carboxylic acids is 3. The number of ether oxygens (including phenoxy) is 2. The highest BCUT2D eigenvalue weighted by molar-refractivity contribution is 6.33. The number of amides is 4. The van der Waals surface area contributed by atoms with Gasteiger partial charge in [-0.25, -0.2) is 4.79 Å². The number of urea groups is 1. The van der Waals surface area contributed by atoms with Gasteiger partial charge in [-0.1, -0.05) is 40.9 Å². The Hall–Kier alpha value is -3.32. The third-order valence-electron chi connectivity index (χ3n) is 4.17. The van der Waals surface area contributed by atoms with E-state index in [1.807, 2.05) is 36.6 Å². The molecule has 0 unspecified atom stereocenters. The summed E-state index contributed by atoms with van der Waals surface area (Å²) in [4.78, 5) is 34.9. The molecule has 0 radical (unpaired) electrons. The number of rotatable bonds is 5. The summed E-state index contributed by atoms with van der Waals surface area (Å²) in [5, 5.41) is 4.29. The molecule has 0 bridgehead atoms. The summed E-state index contributed by atoms with van der Waals surface area (Å²) in [6, 6.07) is 8.40. The highest BCUT2D eigenvalue weighted by atomic mass is 35.5. The largest absolute Gasteiger partial charge is 0.493 e. The maximum absolute atomic E-state index is 11.9. The van der Waals surface area contributed by atoms with E-state index < -0.39 is 17.8 Å². The Morgan fingerprint density at radius 1 is 0.966 bits per heavy atom. The van der Waals surface area contributed by atoms with E-state index in [2.05, 4.69) is 6.07 Å². The summed E-state index contributed by atoms with van der Waals surface area (Å²) in [5.41, 5.74) is 3.48. The van der Waals surface area contributed by atoms with Crippen LogP contribution >= 0.6 is 11.6 Å². The first-order valence-electron chi connectivity index (χ1n) is 8.72. The van der Waals surface area contributed by atoms with Gasteiger partial charge in [-0.2, -0.15) is 0 Å². The van der Waals surface area contributed by atoms with Gasteiger partial charge in [0, 0.05) is 0 Å². The highest BCUT2D eigenvalue weighted by Gasteiger charge is 2.28. The summed E-state index contributed by atoms with van der Waals surface area (Å²) in [6.07, 6.45) is 1.32. The van der Waals surface area contributed by atoms with Gasteiger partial charge in [0.05, 0.1) is 12.1 Å². The van der Waals surface area contributed by atoms with Crippen LogP contribution in [0.4, 0.5) is 4.79 Å². The van der Waals surface area contributed by atoms with Crippen LogP contribution in [0.5, 0.6) is 11.5 Å². The van der Waals surface area contributed by atoms with Crippen molar-refractivity contribution in [3.63, 3.8) is 0 Å². The lowest BCUT2D eigenvalue weighted by atomic mass is 10.1. The zero-order valence-corrected chi connectivity index (χ0v) is 16.8. The fourth-order valence-corrected chi connectivity index (χ4v) is 3.32. The van der Waals surface area contributed by atoms with Crippen LogP contribution < -0.4 is 20.1 Å². The third-order valence-corrected chi connectivity index (χ3v) is 4.45. The van der Waals surface area contributed by atoms with Crippen molar-refractivity contribution in [3.05, 3.63) is 63.2 Å². The van der Waals surface area contributed by atoms with E-state index in [-0.39, 0.29) is 10.6 Å². The molecule has 0 aromatic heterocycles. The molecule has 0 saturated carbocycles. The molecule has 3 rings (SSSR count). The minimum Gasteiger partial charge on any atom is -0.493 e. The number of nitrogens with one attached hydrogen (secondary N) is 2. The summed E-state index contributed by atoms with van der Waals surface area (Å²) in [7, 11) is 1.46. The molecule has 150 valence electrons. The molecule has 2 aromatic rings. The molecule has 0 atom stereocenters. The summed E-state index contributed by atoms with van der Waals surface area (Å²) < 4.78 is 11.2. The van der Waals surface area contributed by atoms with Crippen molar-refractivity contribution in [1.82, 2.24) is 10.6 Å². The average Bonchev–Trinajstić information content (AvgIpc) is 2.62. The first kappa shape index (κ1) is 20.4. The second kappa shape index (κ2) is 8.36. The zero-order chi connectivity index (χ0) is 21.1. The number of hydrogen-bond donors (Lipinski definition) is 2. The maximum Gasteiger partial charge on any atom is 0.328 e. The van der Waals surface area contributed by atoms with Gasteiger partial charge in [0.1, 0.15) is 12.2 Å². The van der Waals surface area contributed by atoms with Crippen molar-refractivity contribution < 1.29 is 23.9 Å². The normalized spacial score (nSPS) is 13.7. The van der Waals surface area contributed by atoms with Gasteiger partial charge in [-0.05, 0) is 43.2 Å². The fraction of sp³-hybridized carbons (Fsp3) is 0.190. The van der Waals surface area contributed by atoms with Crippen molar-refractivity contribution in [3.8, 4) is 11.5 Å². The Kier molecular flexibility index (Phi) is 5.89. The van der Waals surface area contributed by atoms with Crippen molar-refractivity contribution >= 4 is 35.5 Å². The van der Waals surface area contributed by atoms with E-state index in [1.54, 1.807) is 12.1 Å². The number of aryl methyl sites for hydroxylation is 2. The minimum atomic E-state index is -0.858. The van der Waals surface area contributed by atoms with Crippen molar-refractivity contribution in [2.75, 3.05) is 7.11 Å². The van der Waals surface area contributed by atoms with Crippen LogP contribution in [0.1, 0.15) is 22.3 Å². The van der Waals surface area contributed by atoms with Crippen LogP contribution in [0.25, 0.3) is 6.08 Å². The third kappa shape index (κ3) is 4.75. The second-order valence-electron chi connectivity index (χ2n) is 6.61. The quantitative estimate of drug-likeness (QED) is 0.578. The van der Waals surface area contributed by atoms with Gasteiger partial charge in [-0.15, -0.1) is 0 Å². The van der Waals surface area contributed by atoms with E-state index in [9.17, 15) is 14.4 Å². The topological polar surface area (TPSA) is 93.7 Å². The molecule has 2 N–H and O–H groups in total. The van der Waals surface area contributed by atoms with Crippen LogP contribution in [-0.2, 0) is 16.2 Å². The van der Waals surface area contributed by atoms with E-state index in [0.717, 1.165) is 16.7 Å². The molecule has 1 aliphatic rings. The summed E-state index contributed by atoms with van der Waals surface area (Å²) >= 11 is 6.37. The second-order valence-corrected chi connectivity index (χ2v) is 7.02. The number of halogens is 1. The van der Waals surface area contributed by atoms with Gasteiger partial charge in [-0.3, -0.25) is 20.2 Å². The predicted molar refractivity (Wildman–Crippen MR) is 108 cm³/mol. The Labute approximate surface area is 172 Å². The fourth-order valence-electron chi connectivity index (χ4n) is 3.04. The van der Waals surface area contributed by atoms with Gasteiger partial charge < -0.3 is 9.47 Å². The van der Waals surface area contributed by atoms with Crippen LogP contribution in [-0.4, -0.2) is 25.0 Å². The SMILES string of the molecule is COc1cc(C=C2C(=O)NC(=O)NC2=O)cc(Cl)c1OCc1cc(C)cc(C)c1. The lowest BCUT2D eigenvalue weighted by Crippen LogP contribution is -2.51. The number of imide groups is 2. The molecule has 1 aliphatic heterocycles. The Bertz CT molecular complexity index is 1000. The number of barbiturate groups is 1. The molecule has 1 fully saturated rings. The Balaban J connectivity index is 1.87. The molecule has 1 saturated heterocycles. The lowest BCUT2D eigenvalue weighted by Gasteiger charge is -2.16. The first-order chi connectivity index (χ1) is 13.8. The van der Waals surface area contributed by atoms with E-state index in [0.29, 0.717) is 23.7 Å². The van der Waals surface area contributed by atoms with Crippen molar-refractivity contribution in [2.24, 2.45) is 0 Å². The van der Waals surface area contributed by atoms with E-state index in [4.69, 9.17) is 21.1 Å². The molecule has 2 aromatic carbocycles. The molecule has 8 heteroatoms. The van der Waals surface area contributed by atoms with Crippen LogP contribution in [0, 0.1) is 13.8 Å². The smallest absolute Gasteiger partial charge is 0.328 e. The van der Waals surface area contributed by atoms with Crippen LogP contribution in [0.2, 0.25) is 5.02 Å². The number of hydrogen-bond acceptors (Lipinski definition) is 5. The monoisotopic (exact) mass is 414 g/mol. The average molecular weight is 415 g/mol. The molecule has 0 spiro atoms. The first-order valence-corrected chi connectivity index (χ1v) is 9.10. The predicted octanol–water partition coefficient (Wildman–Crippen LogP) is 3.29. The van der Waals surface area contributed by atoms with Crippen LogP contribution in [0.15, 0.2) is 35.9 Å². The highest BCUT2D eigenvalue weighted by Crippen LogP contribution is 2.37. The van der Waals surface area contributed by atoms with Gasteiger partial charge >= 0.3 is 6.03 Å². The number of carbonyl (C=O) groups is 3. The molecule has 29 heavy (non-hydrogen) atoms. The maximum atomic E-state index is 11.9. The molecule has 1 heterocycles. The summed E-state index contributed by atoms with van der Waals surface area (Å²) in [5.74, 6) is -0.877. The van der Waals surface area contributed by atoms with Crippen molar-refractivity contribution in [2.45, 2.75) is 20.5 Å². The minimum absolute atomic E-state index is 0.216. The standard InChI is InChI=1S/C21H19ClN2O5/c1-11-4-12(2)6-14(5-11)10-29-18-16(22)8-13(9-17(18)28-3)7-15-19(25)23-21(27)24-20(15)26/h4-9H,10H2,1-3H3,(H2,23,24,25,26,27). The summed E-state index contributed by atoms with van der Waals surface area (Å²) in [6.45, 7) is 4.32. The molecular formula is C21H19ClN2O5. The van der Waals surface area contributed by atoms with Crippen LogP contribution in [0.3, 0.4) is 0 Å². The van der Waals surface area contributed by atoms with E-state index in [1.165, 1.54) is 13.2 Å². The lowest BCUT2D eigenvalue weighted by molar-refractivity contribution is -0.123. The Morgan fingerprint density at radius 3 is 2.17 bits per heavy atom. The molecule has 4 amide bonds. The molecular weight excluding hydrogens is 396 g/mol. The molecule has 0 aliphatic carbocycles. The van der Waals surface area contributed by atoms with Gasteiger partial charge in [0.2, 0.25) is 0 Å². The zero-order valence-electron chi connectivity index (χ0n) is 16.1. The Morgan fingerprint density at radius 2 is 1.59 bits per heavy atom.